The van der Waals surface area contributed by atoms with E-state index in [9.17, 15) is 19.8 Å². The van der Waals surface area contributed by atoms with Crippen LogP contribution in [-0.2, 0) is 14.3 Å². The van der Waals surface area contributed by atoms with Gasteiger partial charge in [-0.2, -0.15) is 0 Å². The average molecular weight is 312 g/mol. The number of aliphatic hydroxyl groups is 2. The summed E-state index contributed by atoms with van der Waals surface area (Å²) in [6.07, 6.45) is 1.74. The molecule has 7 heteroatoms. The van der Waals surface area contributed by atoms with E-state index in [1.807, 2.05) is 0 Å². The summed E-state index contributed by atoms with van der Waals surface area (Å²) in [4.78, 5) is 25.6. The zero-order valence-corrected chi connectivity index (χ0v) is 12.9. The molecule has 2 heterocycles. The fourth-order valence-corrected chi connectivity index (χ4v) is 3.69. The Bertz CT molecular complexity index is 492. The van der Waals surface area contributed by atoms with Crippen molar-refractivity contribution in [3.8, 4) is 0 Å². The van der Waals surface area contributed by atoms with Crippen LogP contribution in [0.1, 0.15) is 39.0 Å². The number of rotatable bonds is 2. The second kappa shape index (κ2) is 4.91. The fraction of sp³-hybridized carbons (Fsp3) is 0.867. The van der Waals surface area contributed by atoms with Crippen LogP contribution in [-0.4, -0.2) is 63.9 Å². The Labute approximate surface area is 129 Å². The largest absolute Gasteiger partial charge is 0.388 e. The Morgan fingerprint density at radius 2 is 1.82 bits per heavy atom. The molecule has 0 aromatic heterocycles. The van der Waals surface area contributed by atoms with Crippen molar-refractivity contribution < 1.29 is 24.5 Å². The summed E-state index contributed by atoms with van der Waals surface area (Å²) in [5.74, 6) is -0.699. The molecule has 1 saturated carbocycles. The van der Waals surface area contributed by atoms with Crippen molar-refractivity contribution >= 4 is 11.8 Å². The number of nitrogens with zero attached hydrogens (tertiary/aromatic N) is 1. The molecule has 2 amide bonds. The summed E-state index contributed by atoms with van der Waals surface area (Å²) < 4.78 is 5.79. The number of amides is 2. The van der Waals surface area contributed by atoms with E-state index in [4.69, 9.17) is 10.5 Å². The molecular formula is C15H24N2O5. The van der Waals surface area contributed by atoms with Crippen LogP contribution in [0.5, 0.6) is 0 Å². The molecular weight excluding hydrogens is 288 g/mol. The molecule has 1 spiro atoms. The Kier molecular flexibility index (Phi) is 3.50. The van der Waals surface area contributed by atoms with Gasteiger partial charge in [-0.15, -0.1) is 0 Å². The number of piperidine rings is 1. The first-order valence-electron chi connectivity index (χ1n) is 7.85. The van der Waals surface area contributed by atoms with Crippen molar-refractivity contribution in [2.75, 3.05) is 19.7 Å². The van der Waals surface area contributed by atoms with Gasteiger partial charge in [0.05, 0.1) is 17.8 Å². The first kappa shape index (κ1) is 15.7. The number of primary amides is 1. The van der Waals surface area contributed by atoms with Crippen LogP contribution in [0.4, 0.5) is 0 Å². The van der Waals surface area contributed by atoms with E-state index in [-0.39, 0.29) is 12.5 Å². The smallest absolute Gasteiger partial charge is 0.238 e. The maximum atomic E-state index is 12.5. The summed E-state index contributed by atoms with van der Waals surface area (Å²) in [5.41, 5.74) is 2.71. The van der Waals surface area contributed by atoms with E-state index >= 15 is 0 Å². The highest BCUT2D eigenvalue weighted by atomic mass is 16.5. The maximum Gasteiger partial charge on any atom is 0.238 e. The molecule has 7 nitrogen and oxygen atoms in total. The van der Waals surface area contributed by atoms with Crippen LogP contribution in [0.3, 0.4) is 0 Å². The van der Waals surface area contributed by atoms with Crippen LogP contribution in [0, 0.1) is 5.41 Å². The molecule has 1 aliphatic carbocycles. The number of carbonyl (C=O) groups is 2. The van der Waals surface area contributed by atoms with Crippen molar-refractivity contribution in [2.45, 2.75) is 56.3 Å². The van der Waals surface area contributed by atoms with Crippen LogP contribution >= 0.6 is 0 Å². The van der Waals surface area contributed by atoms with Gasteiger partial charge in [-0.3, -0.25) is 9.59 Å². The minimum Gasteiger partial charge on any atom is -0.388 e. The number of carbonyl (C=O) groups excluding carboxylic acids is 2. The molecule has 2 saturated heterocycles. The molecule has 2 atom stereocenters. The normalized spacial score (nSPS) is 36.1. The fourth-order valence-electron chi connectivity index (χ4n) is 3.69. The van der Waals surface area contributed by atoms with Gasteiger partial charge < -0.3 is 25.6 Å². The number of aliphatic hydroxyl groups excluding tert-OH is 1. The molecule has 0 radical (unpaired) electrons. The average Bonchev–Trinajstić information content (AvgIpc) is 3.25. The zero-order chi connectivity index (χ0) is 16.2. The lowest BCUT2D eigenvalue weighted by Crippen LogP contribution is -2.60. The highest BCUT2D eigenvalue weighted by Crippen LogP contribution is 2.48. The van der Waals surface area contributed by atoms with Gasteiger partial charge in [0.15, 0.2) is 0 Å². The molecule has 2 aliphatic heterocycles. The van der Waals surface area contributed by atoms with Crippen molar-refractivity contribution in [3.05, 3.63) is 0 Å². The molecule has 124 valence electrons. The van der Waals surface area contributed by atoms with Crippen LogP contribution in [0.15, 0.2) is 0 Å². The van der Waals surface area contributed by atoms with Crippen LogP contribution in [0.25, 0.3) is 0 Å². The third-order valence-electron chi connectivity index (χ3n) is 5.54. The third kappa shape index (κ3) is 2.41. The van der Waals surface area contributed by atoms with E-state index in [0.717, 1.165) is 0 Å². The second-order valence-corrected chi connectivity index (χ2v) is 7.28. The number of hydrogen-bond donors (Lipinski definition) is 3. The van der Waals surface area contributed by atoms with E-state index < -0.39 is 28.6 Å². The van der Waals surface area contributed by atoms with Crippen LogP contribution < -0.4 is 5.73 Å². The first-order chi connectivity index (χ1) is 10.2. The molecule has 3 aliphatic rings. The zero-order valence-electron chi connectivity index (χ0n) is 12.9. The number of nitrogens with two attached hydrogens (primary N) is 1. The number of likely N-dealkylation sites (tertiary alicyclic amines) is 1. The van der Waals surface area contributed by atoms with E-state index in [1.165, 1.54) is 0 Å². The van der Waals surface area contributed by atoms with E-state index in [0.29, 0.717) is 45.2 Å². The Morgan fingerprint density at radius 3 is 2.27 bits per heavy atom. The summed E-state index contributed by atoms with van der Waals surface area (Å²) in [5, 5.41) is 20.1. The molecule has 0 bridgehead atoms. The summed E-state index contributed by atoms with van der Waals surface area (Å²) in [7, 11) is 0. The van der Waals surface area contributed by atoms with Crippen molar-refractivity contribution in [1.82, 2.24) is 4.90 Å². The predicted octanol–water partition coefficient (Wildman–Crippen LogP) is -0.855. The predicted molar refractivity (Wildman–Crippen MR) is 76.6 cm³/mol. The lowest BCUT2D eigenvalue weighted by Gasteiger charge is -2.50. The quantitative estimate of drug-likeness (QED) is 0.575. The van der Waals surface area contributed by atoms with Gasteiger partial charge in [-0.05, 0) is 32.6 Å². The molecule has 3 rings (SSSR count). The molecule has 3 fully saturated rings. The molecule has 22 heavy (non-hydrogen) atoms. The molecule has 0 unspecified atom stereocenters. The van der Waals surface area contributed by atoms with Gasteiger partial charge in [-0.1, -0.05) is 0 Å². The van der Waals surface area contributed by atoms with Gasteiger partial charge in [0.25, 0.3) is 0 Å². The highest BCUT2D eigenvalue weighted by Gasteiger charge is 2.58. The minimum absolute atomic E-state index is 0.103. The van der Waals surface area contributed by atoms with Crippen molar-refractivity contribution in [3.63, 3.8) is 0 Å². The monoisotopic (exact) mass is 312 g/mol. The number of ether oxygens (including phenoxy) is 1. The molecule has 0 aromatic carbocycles. The second-order valence-electron chi connectivity index (χ2n) is 7.28. The van der Waals surface area contributed by atoms with Gasteiger partial charge in [-0.25, -0.2) is 0 Å². The van der Waals surface area contributed by atoms with E-state index in [2.05, 4.69) is 0 Å². The Morgan fingerprint density at radius 1 is 1.23 bits per heavy atom. The molecule has 0 aromatic rings. The standard InChI is InChI=1S/C15H24N2O5/c1-13(21)9-14(22-8-10(13)18)4-6-17(7-5-14)12(20)15(2-3-15)11(16)19/h10,18,21H,2-9H2,1H3,(H2,16,19)/t10-,13-/m0/s1. The first-order valence-corrected chi connectivity index (χ1v) is 7.85. The topological polar surface area (TPSA) is 113 Å². The minimum atomic E-state index is -1.17. The van der Waals surface area contributed by atoms with Crippen molar-refractivity contribution in [2.24, 2.45) is 11.1 Å². The van der Waals surface area contributed by atoms with E-state index in [1.54, 1.807) is 11.8 Å². The van der Waals surface area contributed by atoms with Gasteiger partial charge in [0.2, 0.25) is 11.8 Å². The summed E-state index contributed by atoms with van der Waals surface area (Å²) in [6, 6.07) is 0. The lowest BCUT2D eigenvalue weighted by molar-refractivity contribution is -0.223. The molecule has 4 N–H and O–H groups in total. The van der Waals surface area contributed by atoms with Gasteiger partial charge >= 0.3 is 0 Å². The summed E-state index contributed by atoms with van der Waals surface area (Å²) in [6.45, 7) is 2.69. The Balaban J connectivity index is 1.64. The maximum absolute atomic E-state index is 12.5. The van der Waals surface area contributed by atoms with Crippen molar-refractivity contribution in [1.29, 1.82) is 0 Å². The number of hydrogen-bond acceptors (Lipinski definition) is 5. The lowest BCUT2D eigenvalue weighted by atomic mass is 9.76. The third-order valence-corrected chi connectivity index (χ3v) is 5.54. The van der Waals surface area contributed by atoms with Crippen LogP contribution in [0.2, 0.25) is 0 Å². The van der Waals surface area contributed by atoms with Gasteiger partial charge in [0, 0.05) is 19.5 Å². The summed E-state index contributed by atoms with van der Waals surface area (Å²) >= 11 is 0. The van der Waals surface area contributed by atoms with Gasteiger partial charge in [0.1, 0.15) is 11.5 Å². The SMILES string of the molecule is C[C@]1(O)CC2(CCN(C(=O)C3(C(N)=O)CC3)CC2)OC[C@@H]1O. The highest BCUT2D eigenvalue weighted by molar-refractivity contribution is 6.07. The Hall–Kier alpha value is -1.18.